The predicted octanol–water partition coefficient (Wildman–Crippen LogP) is 1.53. The first-order valence-corrected chi connectivity index (χ1v) is 5.18. The molecule has 0 aromatic carbocycles. The molecule has 1 aromatic rings. The van der Waals surface area contributed by atoms with Crippen LogP contribution in [0, 0.1) is 5.82 Å². The highest BCUT2D eigenvalue weighted by atomic mass is 79.9. The maximum atomic E-state index is 13.2. The lowest BCUT2D eigenvalue weighted by Crippen LogP contribution is -2.21. The number of pyridine rings is 1. The van der Waals surface area contributed by atoms with Gasteiger partial charge in [-0.2, -0.15) is 0 Å². The van der Waals surface area contributed by atoms with Crippen molar-refractivity contribution in [2.24, 2.45) is 0 Å². The zero-order valence-electron chi connectivity index (χ0n) is 8.18. The number of hydrogen-bond donors (Lipinski definition) is 2. The normalized spacial score (nSPS) is 9.80. The van der Waals surface area contributed by atoms with Crippen LogP contribution in [0.4, 0.5) is 10.2 Å². The van der Waals surface area contributed by atoms with E-state index in [1.165, 1.54) is 12.3 Å². The lowest BCUT2D eigenvalue weighted by molar-refractivity contribution is -0.120. The number of anilines is 1. The van der Waals surface area contributed by atoms with Gasteiger partial charge in [-0.05, 0) is 22.0 Å². The van der Waals surface area contributed by atoms with Gasteiger partial charge in [-0.3, -0.25) is 4.79 Å². The van der Waals surface area contributed by atoms with Gasteiger partial charge in [0.05, 0.1) is 0 Å². The van der Waals surface area contributed by atoms with Gasteiger partial charge in [0.1, 0.15) is 0 Å². The molecule has 1 amide bonds. The van der Waals surface area contributed by atoms with E-state index in [9.17, 15) is 9.18 Å². The first-order valence-electron chi connectivity index (χ1n) is 4.39. The summed E-state index contributed by atoms with van der Waals surface area (Å²) in [5.74, 6) is -0.386. The Hall–Kier alpha value is -1.17. The number of aromatic nitrogens is 1. The zero-order valence-corrected chi connectivity index (χ0v) is 9.77. The lowest BCUT2D eigenvalue weighted by Gasteiger charge is -2.05. The summed E-state index contributed by atoms with van der Waals surface area (Å²) in [5, 5.41) is 5.21. The van der Waals surface area contributed by atoms with Crippen LogP contribution in [0.25, 0.3) is 0 Å². The second kappa shape index (κ2) is 5.65. The Morgan fingerprint density at radius 2 is 2.40 bits per heavy atom. The van der Waals surface area contributed by atoms with Gasteiger partial charge in [-0.15, -0.1) is 0 Å². The summed E-state index contributed by atoms with van der Waals surface area (Å²) in [6.07, 6.45) is 1.78. The van der Waals surface area contributed by atoms with E-state index in [2.05, 4.69) is 31.5 Å². The van der Waals surface area contributed by atoms with Gasteiger partial charge < -0.3 is 10.6 Å². The van der Waals surface area contributed by atoms with Gasteiger partial charge in [0, 0.05) is 30.7 Å². The van der Waals surface area contributed by atoms with Crippen molar-refractivity contribution in [1.82, 2.24) is 10.3 Å². The number of halogens is 2. The van der Waals surface area contributed by atoms with Crippen molar-refractivity contribution in [3.63, 3.8) is 0 Å². The number of rotatable bonds is 4. The molecule has 0 unspecified atom stereocenters. The van der Waals surface area contributed by atoms with E-state index in [1.807, 2.05) is 0 Å². The van der Waals surface area contributed by atoms with Gasteiger partial charge in [0.25, 0.3) is 0 Å². The minimum Gasteiger partial charge on any atom is -0.367 e. The van der Waals surface area contributed by atoms with Gasteiger partial charge in [-0.25, -0.2) is 9.37 Å². The monoisotopic (exact) mass is 275 g/mol. The van der Waals surface area contributed by atoms with Gasteiger partial charge in [0.2, 0.25) is 5.91 Å². The third-order valence-electron chi connectivity index (χ3n) is 1.73. The maximum absolute atomic E-state index is 13.2. The Bertz CT molecular complexity index is 359. The standard InChI is InChI=1S/C9H11BrFN3O/c1-12-8(15)2-3-13-9-7(11)4-6(10)5-14-9/h4-5H,2-3H2,1H3,(H,12,15)(H,13,14). The SMILES string of the molecule is CNC(=O)CCNc1ncc(Br)cc1F. The minimum atomic E-state index is -0.443. The summed E-state index contributed by atoms with van der Waals surface area (Å²) in [5.41, 5.74) is 0. The second-order valence-electron chi connectivity index (χ2n) is 2.83. The Morgan fingerprint density at radius 3 is 3.00 bits per heavy atom. The molecule has 82 valence electrons. The molecule has 0 saturated carbocycles. The summed E-state index contributed by atoms with van der Waals surface area (Å²) in [6, 6.07) is 1.31. The first kappa shape index (κ1) is 11.9. The van der Waals surface area contributed by atoms with Crippen molar-refractivity contribution in [3.8, 4) is 0 Å². The van der Waals surface area contributed by atoms with E-state index in [1.54, 1.807) is 7.05 Å². The summed E-state index contributed by atoms with van der Waals surface area (Å²) < 4.78 is 13.8. The van der Waals surface area contributed by atoms with Crippen LogP contribution < -0.4 is 10.6 Å². The lowest BCUT2D eigenvalue weighted by atomic mass is 10.4. The Kier molecular flexibility index (Phi) is 4.48. The van der Waals surface area contributed by atoms with Crippen molar-refractivity contribution in [2.75, 3.05) is 18.9 Å². The fourth-order valence-electron chi connectivity index (χ4n) is 0.964. The predicted molar refractivity (Wildman–Crippen MR) is 59.1 cm³/mol. The Balaban J connectivity index is 2.47. The van der Waals surface area contributed by atoms with Gasteiger partial charge in [-0.1, -0.05) is 0 Å². The molecular weight excluding hydrogens is 265 g/mol. The zero-order chi connectivity index (χ0) is 11.3. The molecule has 6 heteroatoms. The number of nitrogens with one attached hydrogen (secondary N) is 2. The Labute approximate surface area is 95.4 Å². The van der Waals surface area contributed by atoms with E-state index in [0.717, 1.165) is 0 Å². The molecule has 0 bridgehead atoms. The highest BCUT2D eigenvalue weighted by Gasteiger charge is 2.04. The van der Waals surface area contributed by atoms with Crippen molar-refractivity contribution < 1.29 is 9.18 Å². The molecule has 0 aliphatic heterocycles. The molecule has 15 heavy (non-hydrogen) atoms. The molecule has 0 aliphatic rings. The minimum absolute atomic E-state index is 0.0972. The van der Waals surface area contributed by atoms with Crippen LogP contribution in [0.1, 0.15) is 6.42 Å². The molecule has 0 atom stereocenters. The van der Waals surface area contributed by atoms with Crippen LogP contribution in [0.3, 0.4) is 0 Å². The number of amides is 1. The van der Waals surface area contributed by atoms with Gasteiger partial charge >= 0.3 is 0 Å². The second-order valence-corrected chi connectivity index (χ2v) is 3.75. The number of carbonyl (C=O) groups is 1. The quantitative estimate of drug-likeness (QED) is 0.877. The highest BCUT2D eigenvalue weighted by Crippen LogP contribution is 2.15. The molecule has 0 saturated heterocycles. The van der Waals surface area contributed by atoms with E-state index in [4.69, 9.17) is 0 Å². The summed E-state index contributed by atoms with van der Waals surface area (Å²) in [6.45, 7) is 0.352. The van der Waals surface area contributed by atoms with Crippen LogP contribution in [0.2, 0.25) is 0 Å². The van der Waals surface area contributed by atoms with Crippen LogP contribution in [0.5, 0.6) is 0 Å². The third-order valence-corrected chi connectivity index (χ3v) is 2.16. The van der Waals surface area contributed by atoms with Crippen LogP contribution in [-0.4, -0.2) is 24.5 Å². The van der Waals surface area contributed by atoms with Crippen molar-refractivity contribution in [3.05, 3.63) is 22.6 Å². The average molecular weight is 276 g/mol. The van der Waals surface area contributed by atoms with Crippen molar-refractivity contribution in [1.29, 1.82) is 0 Å². The van der Waals surface area contributed by atoms with E-state index < -0.39 is 5.82 Å². The summed E-state index contributed by atoms with van der Waals surface area (Å²) >= 11 is 3.10. The molecule has 1 aromatic heterocycles. The Morgan fingerprint density at radius 1 is 1.67 bits per heavy atom. The fraction of sp³-hybridized carbons (Fsp3) is 0.333. The van der Waals surface area contributed by atoms with E-state index >= 15 is 0 Å². The number of carbonyl (C=O) groups excluding carboxylic acids is 1. The average Bonchev–Trinajstić information content (AvgIpc) is 2.21. The third kappa shape index (κ3) is 3.83. The molecule has 0 aliphatic carbocycles. The molecule has 4 nitrogen and oxygen atoms in total. The molecular formula is C9H11BrFN3O. The highest BCUT2D eigenvalue weighted by molar-refractivity contribution is 9.10. The number of nitrogens with zero attached hydrogens (tertiary/aromatic N) is 1. The first-order chi connectivity index (χ1) is 7.13. The van der Waals surface area contributed by atoms with Gasteiger partial charge in [0.15, 0.2) is 11.6 Å². The van der Waals surface area contributed by atoms with Crippen LogP contribution in [-0.2, 0) is 4.79 Å². The molecule has 1 rings (SSSR count). The van der Waals surface area contributed by atoms with E-state index in [0.29, 0.717) is 11.0 Å². The molecule has 0 radical (unpaired) electrons. The van der Waals surface area contributed by atoms with Crippen molar-refractivity contribution >= 4 is 27.7 Å². The molecule has 1 heterocycles. The van der Waals surface area contributed by atoms with Crippen molar-refractivity contribution in [2.45, 2.75) is 6.42 Å². The molecule has 0 spiro atoms. The summed E-state index contributed by atoms with van der Waals surface area (Å²) in [4.78, 5) is 14.7. The van der Waals surface area contributed by atoms with Crippen LogP contribution >= 0.6 is 15.9 Å². The van der Waals surface area contributed by atoms with Crippen LogP contribution in [0.15, 0.2) is 16.7 Å². The molecule has 2 N–H and O–H groups in total. The maximum Gasteiger partial charge on any atom is 0.221 e. The number of hydrogen-bond acceptors (Lipinski definition) is 3. The fourth-order valence-corrected chi connectivity index (χ4v) is 1.27. The summed E-state index contributed by atoms with van der Waals surface area (Å²) in [7, 11) is 1.56. The van der Waals surface area contributed by atoms with E-state index in [-0.39, 0.29) is 18.1 Å². The molecule has 0 fully saturated rings. The smallest absolute Gasteiger partial charge is 0.221 e. The topological polar surface area (TPSA) is 54.0 Å². The largest absolute Gasteiger partial charge is 0.367 e.